The van der Waals surface area contributed by atoms with Crippen molar-refractivity contribution >= 4 is 16.0 Å². The number of carboxylic acid groups (broad SMARTS) is 1. The lowest BCUT2D eigenvalue weighted by molar-refractivity contribution is 0.0696. The molecular weight excluding hydrogens is 296 g/mol. The first-order valence-corrected chi connectivity index (χ1v) is 7.61. The van der Waals surface area contributed by atoms with Crippen LogP contribution in [0.25, 0.3) is 0 Å². The average molecular weight is 310 g/mol. The Morgan fingerprint density at radius 3 is 2.71 bits per heavy atom. The van der Waals surface area contributed by atoms with Crippen LogP contribution >= 0.6 is 0 Å². The van der Waals surface area contributed by atoms with E-state index in [4.69, 9.17) is 9.52 Å². The normalized spacial score (nSPS) is 13.0. The van der Waals surface area contributed by atoms with Gasteiger partial charge in [0, 0.05) is 18.7 Å². The van der Waals surface area contributed by atoms with Crippen molar-refractivity contribution in [2.45, 2.75) is 24.4 Å². The van der Waals surface area contributed by atoms with Gasteiger partial charge in [0.1, 0.15) is 5.76 Å². The fourth-order valence-corrected chi connectivity index (χ4v) is 2.94. The van der Waals surface area contributed by atoms with Crippen molar-refractivity contribution in [3.05, 3.63) is 48.0 Å². The first-order valence-electron chi connectivity index (χ1n) is 6.12. The van der Waals surface area contributed by atoms with Crippen molar-refractivity contribution in [1.29, 1.82) is 0 Å². The number of nitrogens with one attached hydrogen (secondary N) is 1. The average Bonchev–Trinajstić information content (AvgIpc) is 2.90. The zero-order valence-corrected chi connectivity index (χ0v) is 12.0. The Hall–Kier alpha value is -2.19. The minimum atomic E-state index is -3.80. The largest absolute Gasteiger partial charge is 0.478 e. The Morgan fingerprint density at radius 2 is 2.19 bits per heavy atom. The Morgan fingerprint density at radius 1 is 1.43 bits per heavy atom. The number of aromatic carboxylic acids is 1. The molecule has 0 saturated heterocycles. The zero-order chi connectivity index (χ0) is 15.5. The highest BCUT2D eigenvalue weighted by molar-refractivity contribution is 7.89. The third-order valence-electron chi connectivity index (χ3n) is 2.70. The van der Waals surface area contributed by atoms with Crippen LogP contribution in [0.3, 0.4) is 0 Å². The van der Waals surface area contributed by atoms with E-state index in [1.165, 1.54) is 12.3 Å². The zero-order valence-electron chi connectivity index (χ0n) is 11.2. The van der Waals surface area contributed by atoms with Gasteiger partial charge in [0.05, 0.1) is 11.8 Å². The molecule has 2 heterocycles. The highest BCUT2D eigenvalue weighted by Crippen LogP contribution is 2.10. The van der Waals surface area contributed by atoms with Crippen LogP contribution in [-0.2, 0) is 16.4 Å². The van der Waals surface area contributed by atoms with Crippen LogP contribution in [-0.4, -0.2) is 30.5 Å². The highest BCUT2D eigenvalue weighted by atomic mass is 32.2. The molecule has 0 aliphatic rings. The number of aromatic nitrogens is 1. The van der Waals surface area contributed by atoms with E-state index in [0.717, 1.165) is 12.3 Å². The van der Waals surface area contributed by atoms with Crippen LogP contribution < -0.4 is 4.72 Å². The van der Waals surface area contributed by atoms with Gasteiger partial charge in [0.15, 0.2) is 5.03 Å². The second kappa shape index (κ2) is 6.06. The van der Waals surface area contributed by atoms with Crippen molar-refractivity contribution in [2.24, 2.45) is 0 Å². The number of carboxylic acids is 1. The molecule has 2 aromatic heterocycles. The number of carbonyl (C=O) groups is 1. The molecule has 0 aromatic carbocycles. The Balaban J connectivity index is 2.08. The van der Waals surface area contributed by atoms with Gasteiger partial charge in [-0.15, -0.1) is 0 Å². The van der Waals surface area contributed by atoms with E-state index in [0.29, 0.717) is 12.2 Å². The molecule has 2 N–H and O–H groups in total. The molecule has 2 aromatic rings. The molecule has 21 heavy (non-hydrogen) atoms. The summed E-state index contributed by atoms with van der Waals surface area (Å²) in [5.41, 5.74) is -0.0717. The van der Waals surface area contributed by atoms with E-state index in [2.05, 4.69) is 9.71 Å². The van der Waals surface area contributed by atoms with Crippen molar-refractivity contribution in [1.82, 2.24) is 9.71 Å². The quantitative estimate of drug-likeness (QED) is 0.832. The first kappa shape index (κ1) is 15.2. The van der Waals surface area contributed by atoms with Gasteiger partial charge in [0.25, 0.3) is 10.0 Å². The van der Waals surface area contributed by atoms with Crippen molar-refractivity contribution in [2.75, 3.05) is 0 Å². The van der Waals surface area contributed by atoms with Crippen molar-refractivity contribution < 1.29 is 22.7 Å². The maximum Gasteiger partial charge on any atom is 0.337 e. The molecule has 0 aliphatic heterocycles. The van der Waals surface area contributed by atoms with E-state index in [-0.39, 0.29) is 16.6 Å². The molecule has 2 rings (SSSR count). The maximum atomic E-state index is 12.1. The first-order chi connectivity index (χ1) is 9.88. The van der Waals surface area contributed by atoms with Gasteiger partial charge in [0.2, 0.25) is 0 Å². The molecule has 0 amide bonds. The second-order valence-corrected chi connectivity index (χ2v) is 6.16. The summed E-state index contributed by atoms with van der Waals surface area (Å²) in [6, 6.07) is 5.45. The van der Waals surface area contributed by atoms with Crippen LogP contribution in [0.15, 0.2) is 46.2 Å². The van der Waals surface area contributed by atoms with Gasteiger partial charge in [-0.05, 0) is 31.2 Å². The number of furan rings is 1. The van der Waals surface area contributed by atoms with Gasteiger partial charge in [-0.25, -0.2) is 22.9 Å². The summed E-state index contributed by atoms with van der Waals surface area (Å²) in [5, 5.41) is 8.53. The predicted octanol–water partition coefficient (Wildman–Crippen LogP) is 1.28. The topological polar surface area (TPSA) is 110 Å². The van der Waals surface area contributed by atoms with Gasteiger partial charge >= 0.3 is 5.97 Å². The van der Waals surface area contributed by atoms with E-state index >= 15 is 0 Å². The standard InChI is InChI=1S/C13H14N2O5S/c1-9(7-11-3-2-6-20-11)15-21(18,19)12-5-4-10(8-14-12)13(16)17/h2-6,8-9,15H,7H2,1H3,(H,16,17). The number of pyridine rings is 1. The van der Waals surface area contributed by atoms with Gasteiger partial charge in [-0.1, -0.05) is 0 Å². The molecule has 0 bridgehead atoms. The monoisotopic (exact) mass is 310 g/mol. The summed E-state index contributed by atoms with van der Waals surface area (Å²) in [7, 11) is -3.80. The SMILES string of the molecule is CC(Cc1ccco1)NS(=O)(=O)c1ccc(C(=O)O)cn1. The second-order valence-electron chi connectivity index (χ2n) is 4.50. The molecular formula is C13H14N2O5S. The molecule has 7 nitrogen and oxygen atoms in total. The van der Waals surface area contributed by atoms with Gasteiger partial charge < -0.3 is 9.52 Å². The lowest BCUT2D eigenvalue weighted by atomic mass is 10.2. The van der Waals surface area contributed by atoms with Crippen LogP contribution in [0, 0.1) is 0 Å². The third-order valence-corrected chi connectivity index (χ3v) is 4.21. The maximum absolute atomic E-state index is 12.1. The number of nitrogens with zero attached hydrogens (tertiary/aromatic N) is 1. The number of sulfonamides is 1. The molecule has 112 valence electrons. The minimum absolute atomic E-state index is 0.0717. The molecule has 0 spiro atoms. The summed E-state index contributed by atoms with van der Waals surface area (Å²) in [6.07, 6.45) is 2.93. The van der Waals surface area contributed by atoms with Crippen molar-refractivity contribution in [3.8, 4) is 0 Å². The third kappa shape index (κ3) is 3.89. The molecule has 0 aliphatic carbocycles. The number of hydrogen-bond donors (Lipinski definition) is 2. The summed E-state index contributed by atoms with van der Waals surface area (Å²) in [5.74, 6) is -0.495. The van der Waals surface area contributed by atoms with E-state index in [9.17, 15) is 13.2 Å². The number of rotatable bonds is 6. The summed E-state index contributed by atoms with van der Waals surface area (Å²) < 4.78 is 31.8. The molecule has 0 radical (unpaired) electrons. The molecule has 8 heteroatoms. The lowest BCUT2D eigenvalue weighted by Gasteiger charge is -2.12. The highest BCUT2D eigenvalue weighted by Gasteiger charge is 2.20. The summed E-state index contributed by atoms with van der Waals surface area (Å²) in [4.78, 5) is 14.4. The smallest absolute Gasteiger partial charge is 0.337 e. The van der Waals surface area contributed by atoms with Crippen molar-refractivity contribution in [3.63, 3.8) is 0 Å². The Bertz CT molecular complexity index is 708. The molecule has 0 saturated carbocycles. The predicted molar refractivity (Wildman–Crippen MR) is 73.4 cm³/mol. The van der Waals surface area contributed by atoms with E-state index in [1.807, 2.05) is 0 Å². The fourth-order valence-electron chi connectivity index (χ4n) is 1.76. The van der Waals surface area contributed by atoms with Crippen LogP contribution in [0.5, 0.6) is 0 Å². The van der Waals surface area contributed by atoms with Gasteiger partial charge in [-0.2, -0.15) is 0 Å². The number of hydrogen-bond acceptors (Lipinski definition) is 5. The summed E-state index contributed by atoms with van der Waals surface area (Å²) >= 11 is 0. The minimum Gasteiger partial charge on any atom is -0.478 e. The van der Waals surface area contributed by atoms with Crippen LogP contribution in [0.4, 0.5) is 0 Å². The molecule has 0 fully saturated rings. The molecule has 1 unspecified atom stereocenters. The van der Waals surface area contributed by atoms with E-state index in [1.54, 1.807) is 19.1 Å². The Kier molecular flexibility index (Phi) is 4.39. The van der Waals surface area contributed by atoms with Crippen LogP contribution in [0.2, 0.25) is 0 Å². The summed E-state index contributed by atoms with van der Waals surface area (Å²) in [6.45, 7) is 1.70. The fraction of sp³-hybridized carbons (Fsp3) is 0.231. The lowest BCUT2D eigenvalue weighted by Crippen LogP contribution is -2.34. The van der Waals surface area contributed by atoms with Crippen LogP contribution in [0.1, 0.15) is 23.0 Å². The Labute approximate surface area is 121 Å². The van der Waals surface area contributed by atoms with Gasteiger partial charge in [-0.3, -0.25) is 0 Å². The molecule has 1 atom stereocenters. The van der Waals surface area contributed by atoms with E-state index < -0.39 is 16.0 Å².